The Morgan fingerprint density at radius 2 is 1.81 bits per heavy atom. The van der Waals surface area contributed by atoms with Crippen LogP contribution in [0.2, 0.25) is 0 Å². The number of hydrogen-bond acceptors (Lipinski definition) is 5. The number of H-pyrrole nitrogens is 1. The van der Waals surface area contributed by atoms with E-state index in [0.29, 0.717) is 16.3 Å². The van der Waals surface area contributed by atoms with E-state index in [1.807, 2.05) is 0 Å². The first-order valence-corrected chi connectivity index (χ1v) is 14.3. The monoisotopic (exact) mass is 657 g/mol. The van der Waals surface area contributed by atoms with Crippen LogP contribution in [0.5, 0.6) is 0 Å². The Labute approximate surface area is 260 Å². The predicted molar refractivity (Wildman–Crippen MR) is 151 cm³/mol. The first kappa shape index (κ1) is 30.4. The van der Waals surface area contributed by atoms with E-state index in [1.165, 1.54) is 18.3 Å². The van der Waals surface area contributed by atoms with Crippen molar-refractivity contribution in [2.24, 2.45) is 11.7 Å². The molecule has 242 valence electrons. The van der Waals surface area contributed by atoms with Crippen molar-refractivity contribution in [2.75, 3.05) is 0 Å². The lowest BCUT2D eigenvalue weighted by Crippen LogP contribution is -2.35. The standard InChI is InChI=1S/C31H22F7N7O2/c32-14-3-12(4-15(33)7-14)5-22(41-24(46)11-45-28-25(27(44-45)29(35)36)17-8-19(17)31(28,37)38)26-16(9-21-23(42-26)10-40-43-21)13-1-2-20(34)18(6-13)30(39)47/h1-4,6-7,9-10,17,19,22,29H,5,8,11H2,(H2,39,47)(H,40,43)(H,41,46)/t17-,19+,22-/m0/s1. The maximum absolute atomic E-state index is 15.1. The Balaban J connectivity index is 1.31. The molecule has 4 N–H and O–H groups in total. The molecule has 47 heavy (non-hydrogen) atoms. The lowest BCUT2D eigenvalue weighted by Gasteiger charge is -2.23. The molecule has 3 atom stereocenters. The zero-order valence-corrected chi connectivity index (χ0v) is 23.9. The Hall–Kier alpha value is -5.28. The zero-order valence-electron chi connectivity index (χ0n) is 23.9. The maximum atomic E-state index is 15.1. The average Bonchev–Trinajstić information content (AvgIpc) is 3.41. The van der Waals surface area contributed by atoms with E-state index in [0.717, 1.165) is 24.3 Å². The molecule has 3 heterocycles. The number of carbonyl (C=O) groups excluding carboxylic acids is 2. The molecule has 9 nitrogen and oxygen atoms in total. The summed E-state index contributed by atoms with van der Waals surface area (Å²) >= 11 is 0. The smallest absolute Gasteiger partial charge is 0.293 e. The summed E-state index contributed by atoms with van der Waals surface area (Å²) in [7, 11) is 0. The number of halogens is 7. The molecule has 0 radical (unpaired) electrons. The summed E-state index contributed by atoms with van der Waals surface area (Å²) < 4.78 is 101. The average molecular weight is 658 g/mol. The molecule has 2 aliphatic carbocycles. The van der Waals surface area contributed by atoms with Crippen molar-refractivity contribution in [3.05, 3.63) is 99.9 Å². The first-order chi connectivity index (χ1) is 22.3. The van der Waals surface area contributed by atoms with Crippen molar-refractivity contribution in [3.63, 3.8) is 0 Å². The molecule has 16 heteroatoms. The molecule has 1 saturated carbocycles. The van der Waals surface area contributed by atoms with Crippen LogP contribution in [-0.4, -0.2) is 36.8 Å². The molecule has 1 fully saturated rings. The van der Waals surface area contributed by atoms with Gasteiger partial charge in [0.1, 0.15) is 40.9 Å². The second kappa shape index (κ2) is 10.9. The van der Waals surface area contributed by atoms with Crippen molar-refractivity contribution in [3.8, 4) is 11.1 Å². The quantitative estimate of drug-likeness (QED) is 0.178. The van der Waals surface area contributed by atoms with Gasteiger partial charge in [0.15, 0.2) is 0 Å². The summed E-state index contributed by atoms with van der Waals surface area (Å²) in [6, 6.07) is 6.45. The molecule has 0 unspecified atom stereocenters. The number of alkyl halides is 4. The fourth-order valence-corrected chi connectivity index (χ4v) is 6.41. The number of nitrogens with zero attached hydrogens (tertiary/aromatic N) is 4. The molecular weight excluding hydrogens is 635 g/mol. The molecule has 0 saturated heterocycles. The minimum Gasteiger partial charge on any atom is -0.366 e. The molecule has 2 aromatic carbocycles. The number of aromatic nitrogens is 5. The molecule has 3 aromatic heterocycles. The number of fused-ring (bicyclic) bond motifs is 4. The van der Waals surface area contributed by atoms with Crippen molar-refractivity contribution >= 4 is 22.8 Å². The minimum absolute atomic E-state index is 0.0374. The molecular formula is C31H22F7N7O2. The summed E-state index contributed by atoms with van der Waals surface area (Å²) in [6.45, 7) is -0.885. The second-order valence-corrected chi connectivity index (χ2v) is 11.6. The van der Waals surface area contributed by atoms with Crippen LogP contribution < -0.4 is 11.1 Å². The van der Waals surface area contributed by atoms with E-state index >= 15 is 8.78 Å². The normalized spacial score (nSPS) is 18.3. The summed E-state index contributed by atoms with van der Waals surface area (Å²) in [4.78, 5) is 30.1. The molecule has 7 rings (SSSR count). The summed E-state index contributed by atoms with van der Waals surface area (Å²) in [5.41, 5.74) is 4.35. The number of hydrogen-bond donors (Lipinski definition) is 3. The number of amides is 2. The second-order valence-electron chi connectivity index (χ2n) is 11.6. The van der Waals surface area contributed by atoms with Gasteiger partial charge in [-0.25, -0.2) is 26.9 Å². The van der Waals surface area contributed by atoms with Gasteiger partial charge in [0.05, 0.1) is 29.0 Å². The van der Waals surface area contributed by atoms with Crippen LogP contribution in [0.3, 0.4) is 0 Å². The number of nitrogens with one attached hydrogen (secondary N) is 2. The largest absolute Gasteiger partial charge is 0.366 e. The van der Waals surface area contributed by atoms with Gasteiger partial charge in [-0.1, -0.05) is 6.07 Å². The Morgan fingerprint density at radius 3 is 2.51 bits per heavy atom. The molecule has 0 bridgehead atoms. The van der Waals surface area contributed by atoms with E-state index < -0.39 is 83.0 Å². The van der Waals surface area contributed by atoms with E-state index in [9.17, 15) is 31.5 Å². The third-order valence-electron chi connectivity index (χ3n) is 8.48. The van der Waals surface area contributed by atoms with Crippen molar-refractivity contribution in [2.45, 2.75) is 43.7 Å². The lowest BCUT2D eigenvalue weighted by atomic mass is 9.94. The van der Waals surface area contributed by atoms with E-state index in [-0.39, 0.29) is 46.3 Å². The molecule has 0 aliphatic heterocycles. The molecule has 2 aliphatic rings. The number of carbonyl (C=O) groups is 2. The zero-order chi connectivity index (χ0) is 33.4. The van der Waals surface area contributed by atoms with Crippen LogP contribution in [0.25, 0.3) is 22.2 Å². The van der Waals surface area contributed by atoms with Gasteiger partial charge in [0, 0.05) is 23.1 Å². The van der Waals surface area contributed by atoms with Crippen molar-refractivity contribution in [1.29, 1.82) is 0 Å². The minimum atomic E-state index is -3.47. The van der Waals surface area contributed by atoms with Crippen LogP contribution >= 0.6 is 0 Å². The van der Waals surface area contributed by atoms with Crippen molar-refractivity contribution < 1.29 is 40.3 Å². The van der Waals surface area contributed by atoms with E-state index in [4.69, 9.17) is 5.73 Å². The van der Waals surface area contributed by atoms with Crippen LogP contribution in [0.1, 0.15) is 63.4 Å². The number of rotatable bonds is 9. The van der Waals surface area contributed by atoms with Crippen LogP contribution in [-0.2, 0) is 23.7 Å². The number of aromatic amines is 1. The van der Waals surface area contributed by atoms with Crippen molar-refractivity contribution in [1.82, 2.24) is 30.3 Å². The highest BCUT2D eigenvalue weighted by Crippen LogP contribution is 2.68. The number of pyridine rings is 1. The van der Waals surface area contributed by atoms with Gasteiger partial charge in [0.25, 0.3) is 18.3 Å². The predicted octanol–water partition coefficient (Wildman–Crippen LogP) is 5.58. The van der Waals surface area contributed by atoms with E-state index in [1.54, 1.807) is 0 Å². The molecule has 0 spiro atoms. The first-order valence-electron chi connectivity index (χ1n) is 14.3. The molecule has 5 aromatic rings. The van der Waals surface area contributed by atoms with Gasteiger partial charge in [-0.15, -0.1) is 0 Å². The number of primary amides is 1. The van der Waals surface area contributed by atoms with Gasteiger partial charge in [0.2, 0.25) is 5.91 Å². The third kappa shape index (κ3) is 5.26. The lowest BCUT2D eigenvalue weighted by molar-refractivity contribution is -0.123. The highest BCUT2D eigenvalue weighted by Gasteiger charge is 2.67. The Kier molecular flexibility index (Phi) is 7.05. The van der Waals surface area contributed by atoms with Crippen LogP contribution in [0, 0.1) is 23.4 Å². The van der Waals surface area contributed by atoms with Crippen LogP contribution in [0.4, 0.5) is 30.7 Å². The fourth-order valence-electron chi connectivity index (χ4n) is 6.41. The third-order valence-corrected chi connectivity index (χ3v) is 8.48. The summed E-state index contributed by atoms with van der Waals surface area (Å²) in [6.07, 6.45) is -2.05. The van der Waals surface area contributed by atoms with Gasteiger partial charge in [-0.3, -0.25) is 19.4 Å². The summed E-state index contributed by atoms with van der Waals surface area (Å²) in [5.74, 6) is -10.1. The van der Waals surface area contributed by atoms with E-state index in [2.05, 4.69) is 25.6 Å². The summed E-state index contributed by atoms with van der Waals surface area (Å²) in [5, 5.41) is 13.0. The maximum Gasteiger partial charge on any atom is 0.293 e. The number of benzene rings is 2. The number of nitrogens with two attached hydrogens (primary N) is 1. The topological polar surface area (TPSA) is 132 Å². The Bertz CT molecular complexity index is 2070. The van der Waals surface area contributed by atoms with Gasteiger partial charge in [-0.2, -0.15) is 19.0 Å². The highest BCUT2D eigenvalue weighted by atomic mass is 19.3. The van der Waals surface area contributed by atoms with Gasteiger partial charge < -0.3 is 11.1 Å². The highest BCUT2D eigenvalue weighted by molar-refractivity contribution is 5.95. The Morgan fingerprint density at radius 1 is 1.06 bits per heavy atom. The SMILES string of the molecule is NC(=O)c1cc(-c2cc3[nH]ncc3nc2[C@H](Cc2cc(F)cc(F)c2)NC(=O)Cn2nc(C(F)F)c3c2C(F)(F)[C@@H]2C[C@H]32)ccc1F. The van der Waals surface area contributed by atoms with Gasteiger partial charge in [-0.05, 0) is 60.2 Å². The van der Waals surface area contributed by atoms with Gasteiger partial charge >= 0.3 is 0 Å². The fraction of sp³-hybridized carbons (Fsp3) is 0.258. The van der Waals surface area contributed by atoms with Crippen LogP contribution in [0.15, 0.2) is 48.7 Å². The molecule has 2 amide bonds.